The van der Waals surface area contributed by atoms with E-state index in [4.69, 9.17) is 0 Å². The summed E-state index contributed by atoms with van der Waals surface area (Å²) in [5.41, 5.74) is -2.04. The summed E-state index contributed by atoms with van der Waals surface area (Å²) in [6.45, 7) is 1.61. The minimum Gasteiger partial charge on any atom is -0.505 e. The second-order valence-electron chi connectivity index (χ2n) is 8.84. The molecule has 1 aliphatic carbocycles. The predicted octanol–water partition coefficient (Wildman–Crippen LogP) is 5.75. The van der Waals surface area contributed by atoms with Crippen LogP contribution < -0.4 is 5.32 Å². The number of hydrogen-bond donors (Lipinski definition) is 3. The van der Waals surface area contributed by atoms with Crippen LogP contribution in [0.1, 0.15) is 42.9 Å². The number of aliphatic hydroxyl groups is 1. The molecule has 0 radical (unpaired) electrons. The van der Waals surface area contributed by atoms with Crippen molar-refractivity contribution in [2.24, 2.45) is 0 Å². The lowest BCUT2D eigenvalue weighted by atomic mass is 9.69. The lowest BCUT2D eigenvalue weighted by Crippen LogP contribution is -2.55. The maximum Gasteiger partial charge on any atom is 0.419 e. The van der Waals surface area contributed by atoms with Gasteiger partial charge in [0.05, 0.1) is 29.6 Å². The van der Waals surface area contributed by atoms with Crippen molar-refractivity contribution in [3.63, 3.8) is 0 Å². The Hall–Kier alpha value is -3.73. The van der Waals surface area contributed by atoms with Crippen LogP contribution >= 0.6 is 0 Å². The molecule has 1 aliphatic rings. The molecular formula is C25H21F5N4O2. The van der Waals surface area contributed by atoms with Crippen molar-refractivity contribution in [3.05, 3.63) is 77.8 Å². The molecule has 0 amide bonds. The molecule has 36 heavy (non-hydrogen) atoms. The Bertz CT molecular complexity index is 1440. The summed E-state index contributed by atoms with van der Waals surface area (Å²) in [4.78, 5) is 3.60. The first-order valence-corrected chi connectivity index (χ1v) is 11.2. The number of alkyl halides is 3. The van der Waals surface area contributed by atoms with E-state index >= 15 is 0 Å². The van der Waals surface area contributed by atoms with Gasteiger partial charge in [-0.15, -0.1) is 0 Å². The number of aromatic nitrogens is 3. The smallest absolute Gasteiger partial charge is 0.419 e. The van der Waals surface area contributed by atoms with Gasteiger partial charge in [0, 0.05) is 16.6 Å². The van der Waals surface area contributed by atoms with Crippen LogP contribution in [0.2, 0.25) is 0 Å². The first-order chi connectivity index (χ1) is 17.0. The minimum atomic E-state index is -5.03. The van der Waals surface area contributed by atoms with Crippen LogP contribution in [0.25, 0.3) is 16.6 Å². The maximum atomic E-state index is 14.4. The fourth-order valence-corrected chi connectivity index (χ4v) is 4.99. The third-order valence-electron chi connectivity index (χ3n) is 6.81. The zero-order valence-corrected chi connectivity index (χ0v) is 18.9. The average molecular weight is 504 g/mol. The van der Waals surface area contributed by atoms with Crippen LogP contribution in [0.3, 0.4) is 0 Å². The molecule has 3 N–H and O–H groups in total. The van der Waals surface area contributed by atoms with Crippen molar-refractivity contribution in [3.8, 4) is 11.4 Å². The van der Waals surface area contributed by atoms with Crippen LogP contribution in [-0.2, 0) is 0 Å². The Kier molecular flexibility index (Phi) is 5.62. The molecule has 0 bridgehead atoms. The van der Waals surface area contributed by atoms with E-state index in [9.17, 15) is 32.2 Å². The molecule has 188 valence electrons. The Morgan fingerprint density at radius 1 is 1.11 bits per heavy atom. The zero-order chi connectivity index (χ0) is 25.8. The first kappa shape index (κ1) is 24.0. The summed E-state index contributed by atoms with van der Waals surface area (Å²) in [7, 11) is 0. The number of fused-ring (bicyclic) bond motifs is 2. The summed E-state index contributed by atoms with van der Waals surface area (Å²) in [6, 6.07) is 7.71. The van der Waals surface area contributed by atoms with E-state index in [1.165, 1.54) is 29.2 Å². The lowest BCUT2D eigenvalue weighted by Gasteiger charge is -2.45. The molecule has 0 saturated heterocycles. The zero-order valence-electron chi connectivity index (χ0n) is 18.9. The second kappa shape index (κ2) is 8.44. The molecule has 0 saturated carbocycles. The van der Waals surface area contributed by atoms with E-state index in [2.05, 4.69) is 15.4 Å². The number of anilines is 1. The topological polar surface area (TPSA) is 83.2 Å². The Balaban J connectivity index is 1.66. The van der Waals surface area contributed by atoms with Crippen molar-refractivity contribution >= 4 is 16.6 Å². The Labute approximate surface area is 202 Å². The van der Waals surface area contributed by atoms with Crippen molar-refractivity contribution in [2.45, 2.75) is 43.5 Å². The second-order valence-corrected chi connectivity index (χ2v) is 8.84. The number of halogens is 5. The van der Waals surface area contributed by atoms with Gasteiger partial charge in [-0.05, 0) is 54.7 Å². The van der Waals surface area contributed by atoms with E-state index in [1.54, 1.807) is 19.1 Å². The molecule has 0 aliphatic heterocycles. The van der Waals surface area contributed by atoms with E-state index in [-0.39, 0.29) is 23.2 Å². The molecule has 5 rings (SSSR count). The van der Waals surface area contributed by atoms with Crippen LogP contribution in [-0.4, -0.2) is 36.8 Å². The van der Waals surface area contributed by atoms with Crippen molar-refractivity contribution < 1.29 is 32.2 Å². The van der Waals surface area contributed by atoms with Gasteiger partial charge in [0.25, 0.3) is 0 Å². The van der Waals surface area contributed by atoms with Crippen LogP contribution in [0.4, 0.5) is 27.6 Å². The normalized spacial score (nSPS) is 22.0. The number of hydrogen-bond acceptors (Lipinski definition) is 5. The molecule has 2 aromatic carbocycles. The number of nitrogens with zero attached hydrogens (tertiary/aromatic N) is 3. The van der Waals surface area contributed by atoms with Gasteiger partial charge >= 0.3 is 6.18 Å². The summed E-state index contributed by atoms with van der Waals surface area (Å²) >= 11 is 0. The van der Waals surface area contributed by atoms with Gasteiger partial charge in [0.2, 0.25) is 5.95 Å². The Morgan fingerprint density at radius 3 is 2.56 bits per heavy atom. The molecule has 3 atom stereocenters. The number of nitrogens with one attached hydrogen (secondary N) is 1. The maximum absolute atomic E-state index is 14.4. The standard InChI is InChI=1S/C25H21F5N4O2/c1-2-13-10-24(36,25(28,29)30)23(15-7-8-17(26)22(35)21(13)15)33-18-4-3-5-19-16(18)12-32-34(19)14-6-9-20(27)31-11-14/h3-9,11-13,23,33,35-36H,2,10H2,1H3/t13-,23+,24-/m1/s1. The van der Waals surface area contributed by atoms with Gasteiger partial charge < -0.3 is 15.5 Å². The number of phenolic OH excluding ortho intramolecular Hbond substituents is 1. The number of benzene rings is 2. The van der Waals surface area contributed by atoms with E-state index in [0.717, 1.165) is 18.2 Å². The molecule has 0 fully saturated rings. The first-order valence-electron chi connectivity index (χ1n) is 11.2. The molecule has 0 unspecified atom stereocenters. The van der Waals surface area contributed by atoms with Gasteiger partial charge in [0.15, 0.2) is 17.2 Å². The number of aromatic hydroxyl groups is 1. The largest absolute Gasteiger partial charge is 0.505 e. The molecule has 4 aromatic rings. The monoisotopic (exact) mass is 504 g/mol. The lowest BCUT2D eigenvalue weighted by molar-refractivity contribution is -0.272. The summed E-state index contributed by atoms with van der Waals surface area (Å²) in [5, 5.41) is 29.0. The van der Waals surface area contributed by atoms with E-state index in [0.29, 0.717) is 16.6 Å². The van der Waals surface area contributed by atoms with Gasteiger partial charge in [0.1, 0.15) is 0 Å². The summed E-state index contributed by atoms with van der Waals surface area (Å²) < 4.78 is 72.0. The molecule has 0 spiro atoms. The van der Waals surface area contributed by atoms with Gasteiger partial charge in [-0.25, -0.2) is 14.1 Å². The van der Waals surface area contributed by atoms with Gasteiger partial charge in [-0.1, -0.05) is 19.1 Å². The number of rotatable bonds is 4. The highest BCUT2D eigenvalue weighted by molar-refractivity contribution is 5.92. The highest BCUT2D eigenvalue weighted by Gasteiger charge is 2.62. The fourth-order valence-electron chi connectivity index (χ4n) is 4.99. The molecule has 11 heteroatoms. The van der Waals surface area contributed by atoms with E-state index in [1.807, 2.05) is 0 Å². The molecule has 2 heterocycles. The molecule has 2 aromatic heterocycles. The number of pyridine rings is 1. The summed E-state index contributed by atoms with van der Waals surface area (Å²) in [6.07, 6.45) is -2.94. The number of phenols is 1. The third-order valence-corrected chi connectivity index (χ3v) is 6.81. The summed E-state index contributed by atoms with van der Waals surface area (Å²) in [5.74, 6) is -3.25. The van der Waals surface area contributed by atoms with Crippen molar-refractivity contribution in [1.29, 1.82) is 0 Å². The van der Waals surface area contributed by atoms with Gasteiger partial charge in [-0.3, -0.25) is 0 Å². The fraction of sp³-hybridized carbons (Fsp3) is 0.280. The molecular weight excluding hydrogens is 483 g/mol. The highest BCUT2D eigenvalue weighted by Crippen LogP contribution is 2.55. The average Bonchev–Trinajstić information content (AvgIpc) is 3.27. The van der Waals surface area contributed by atoms with Crippen LogP contribution in [0.5, 0.6) is 5.75 Å². The predicted molar refractivity (Wildman–Crippen MR) is 122 cm³/mol. The van der Waals surface area contributed by atoms with Crippen molar-refractivity contribution in [2.75, 3.05) is 5.32 Å². The van der Waals surface area contributed by atoms with Gasteiger partial charge in [-0.2, -0.15) is 22.7 Å². The quantitative estimate of drug-likeness (QED) is 0.244. The minimum absolute atomic E-state index is 0.0426. The Morgan fingerprint density at radius 2 is 1.89 bits per heavy atom. The van der Waals surface area contributed by atoms with E-state index < -0.39 is 47.7 Å². The SMILES string of the molecule is CC[C@@H]1C[C@](O)(C(F)(F)F)[C@@H](Nc2cccc3c2cnn3-c2ccc(F)nc2)c2ccc(F)c(O)c21. The van der Waals surface area contributed by atoms with Crippen LogP contribution in [0, 0.1) is 11.8 Å². The molecule has 6 nitrogen and oxygen atoms in total. The van der Waals surface area contributed by atoms with Crippen LogP contribution in [0.15, 0.2) is 54.9 Å². The van der Waals surface area contributed by atoms with Crippen molar-refractivity contribution in [1.82, 2.24) is 14.8 Å². The third kappa shape index (κ3) is 3.65. The highest BCUT2D eigenvalue weighted by atomic mass is 19.4.